The number of hydrogen-bond donors (Lipinski definition) is 1. The van der Waals surface area contributed by atoms with Crippen LogP contribution in [-0.4, -0.2) is 36.2 Å². The summed E-state index contributed by atoms with van der Waals surface area (Å²) in [6, 6.07) is -0.492. The van der Waals surface area contributed by atoms with Gasteiger partial charge in [0, 0.05) is 0 Å². The van der Waals surface area contributed by atoms with Crippen molar-refractivity contribution in [2.24, 2.45) is 0 Å². The second-order valence-electron chi connectivity index (χ2n) is 4.51. The van der Waals surface area contributed by atoms with E-state index in [-0.39, 0.29) is 0 Å². The van der Waals surface area contributed by atoms with Crippen LogP contribution in [0.4, 0.5) is 13.6 Å². The minimum absolute atomic E-state index is 0.492. The predicted octanol–water partition coefficient (Wildman–Crippen LogP) is 2.28. The molecule has 5 nitrogen and oxygen atoms in total. The van der Waals surface area contributed by atoms with Gasteiger partial charge >= 0.3 is 12.1 Å². The number of alkyl carbamates (subject to hydrolysis) is 1. The molecule has 0 rings (SSSR count). The third kappa shape index (κ3) is 8.98. The van der Waals surface area contributed by atoms with E-state index < -0.39 is 42.6 Å². The highest BCUT2D eigenvalue weighted by atomic mass is 35.5. The summed E-state index contributed by atoms with van der Waals surface area (Å²) in [5.41, 5.74) is -0.781. The molecule has 0 fully saturated rings. The highest BCUT2D eigenvalue weighted by molar-refractivity contribution is 6.17. The molecule has 0 aliphatic carbocycles. The Bertz CT molecular complexity index is 305. The molecule has 0 aliphatic heterocycles. The van der Waals surface area contributed by atoms with E-state index in [1.807, 2.05) is 5.32 Å². The molecule has 106 valence electrons. The molecule has 1 amide bonds. The molecule has 0 saturated carbocycles. The number of alkyl halides is 3. The molecule has 0 radical (unpaired) electrons. The second-order valence-corrected chi connectivity index (χ2v) is 4.73. The number of hydrogen-bond acceptors (Lipinski definition) is 4. The van der Waals surface area contributed by atoms with Gasteiger partial charge in [0.15, 0.2) is 6.07 Å². The Morgan fingerprint density at radius 3 is 2.28 bits per heavy atom. The van der Waals surface area contributed by atoms with Crippen LogP contribution in [0, 0.1) is 0 Å². The molecule has 0 heterocycles. The molecule has 0 aliphatic rings. The van der Waals surface area contributed by atoms with Crippen molar-refractivity contribution < 1.29 is 27.8 Å². The fraction of sp³-hybridized carbons (Fsp3) is 0.800. The Hall–Kier alpha value is -1.11. The van der Waals surface area contributed by atoms with Gasteiger partial charge in [-0.3, -0.25) is 4.79 Å². The zero-order chi connectivity index (χ0) is 14.4. The van der Waals surface area contributed by atoms with Gasteiger partial charge in [-0.25, -0.2) is 13.6 Å². The van der Waals surface area contributed by atoms with Crippen molar-refractivity contribution in [2.45, 2.75) is 38.7 Å². The number of halogens is 3. The fourth-order valence-corrected chi connectivity index (χ4v) is 1.02. The summed E-state index contributed by atoms with van der Waals surface area (Å²) >= 11 is 5.05. The number of ether oxygens (including phenoxy) is 2. The van der Waals surface area contributed by atoms with Crippen molar-refractivity contribution in [3.05, 3.63) is 0 Å². The Morgan fingerprint density at radius 1 is 1.28 bits per heavy atom. The summed E-state index contributed by atoms with van der Waals surface area (Å²) in [5, 5.41) is 1.88. The van der Waals surface area contributed by atoms with E-state index in [9.17, 15) is 18.4 Å². The Kier molecular flexibility index (Phi) is 6.31. The van der Waals surface area contributed by atoms with E-state index in [1.165, 1.54) is 0 Å². The smallest absolute Gasteiger partial charge is 0.407 e. The molecule has 0 aromatic rings. The number of nitrogens with one attached hydrogen (secondary N) is 1. The van der Waals surface area contributed by atoms with Gasteiger partial charge in [-0.15, -0.1) is 0 Å². The third-order valence-corrected chi connectivity index (χ3v) is 1.62. The van der Waals surface area contributed by atoms with E-state index in [0.717, 1.165) is 0 Å². The van der Waals surface area contributed by atoms with Gasteiger partial charge in [-0.05, 0) is 20.8 Å². The first-order valence-corrected chi connectivity index (χ1v) is 5.65. The fourth-order valence-electron chi connectivity index (χ4n) is 0.901. The molecule has 0 aromatic heterocycles. The SMILES string of the molecule is CC(C)(C)OC(=O)NCC(F)(F)CC(=O)OCCl. The summed E-state index contributed by atoms with van der Waals surface area (Å²) in [7, 11) is 0. The zero-order valence-electron chi connectivity index (χ0n) is 10.4. The van der Waals surface area contributed by atoms with Gasteiger partial charge in [-0.1, -0.05) is 11.6 Å². The number of carbonyl (C=O) groups excluding carboxylic acids is 2. The number of amides is 1. The van der Waals surface area contributed by atoms with Crippen LogP contribution in [0.25, 0.3) is 0 Å². The first-order valence-electron chi connectivity index (χ1n) is 5.12. The maximum atomic E-state index is 13.2. The Morgan fingerprint density at radius 2 is 1.83 bits per heavy atom. The highest BCUT2D eigenvalue weighted by Gasteiger charge is 2.34. The minimum Gasteiger partial charge on any atom is -0.449 e. The lowest BCUT2D eigenvalue weighted by Crippen LogP contribution is -2.40. The lowest BCUT2D eigenvalue weighted by Gasteiger charge is -2.21. The molecular weight excluding hydrogens is 272 g/mol. The minimum atomic E-state index is -3.42. The lowest BCUT2D eigenvalue weighted by atomic mass is 10.2. The average molecular weight is 288 g/mol. The number of esters is 1. The summed E-state index contributed by atoms with van der Waals surface area (Å²) in [5.74, 6) is -4.55. The van der Waals surface area contributed by atoms with Crippen molar-refractivity contribution in [2.75, 3.05) is 12.6 Å². The van der Waals surface area contributed by atoms with Crippen LogP contribution in [0.1, 0.15) is 27.2 Å². The average Bonchev–Trinajstić information content (AvgIpc) is 2.11. The lowest BCUT2D eigenvalue weighted by molar-refractivity contribution is -0.149. The van der Waals surface area contributed by atoms with Crippen molar-refractivity contribution in [1.82, 2.24) is 5.32 Å². The summed E-state index contributed by atoms with van der Waals surface area (Å²) in [6.07, 6.45) is -2.14. The molecule has 18 heavy (non-hydrogen) atoms. The van der Waals surface area contributed by atoms with E-state index in [0.29, 0.717) is 0 Å². The first-order chi connectivity index (χ1) is 8.06. The molecule has 0 unspecified atom stereocenters. The number of carbonyl (C=O) groups is 2. The highest BCUT2D eigenvalue weighted by Crippen LogP contribution is 2.18. The first kappa shape index (κ1) is 16.9. The molecule has 0 atom stereocenters. The normalized spacial score (nSPS) is 11.9. The Balaban J connectivity index is 4.10. The second kappa shape index (κ2) is 6.72. The zero-order valence-corrected chi connectivity index (χ0v) is 11.1. The van der Waals surface area contributed by atoms with Crippen LogP contribution in [0.3, 0.4) is 0 Å². The quantitative estimate of drug-likeness (QED) is 0.622. The number of rotatable bonds is 5. The molecule has 0 spiro atoms. The van der Waals surface area contributed by atoms with Gasteiger partial charge in [0.05, 0.1) is 6.54 Å². The van der Waals surface area contributed by atoms with E-state index in [2.05, 4.69) is 4.74 Å². The van der Waals surface area contributed by atoms with Crippen molar-refractivity contribution in [3.8, 4) is 0 Å². The molecular formula is C10H16ClF2NO4. The van der Waals surface area contributed by atoms with Gasteiger partial charge in [0.2, 0.25) is 0 Å². The van der Waals surface area contributed by atoms with Crippen LogP contribution in [0.5, 0.6) is 0 Å². The van der Waals surface area contributed by atoms with Gasteiger partial charge in [0.25, 0.3) is 5.92 Å². The summed E-state index contributed by atoms with van der Waals surface area (Å²) in [6.45, 7) is 3.78. The van der Waals surface area contributed by atoms with E-state index >= 15 is 0 Å². The molecule has 8 heteroatoms. The molecule has 1 N–H and O–H groups in total. The van der Waals surface area contributed by atoms with Crippen molar-refractivity contribution in [3.63, 3.8) is 0 Å². The topological polar surface area (TPSA) is 64.6 Å². The summed E-state index contributed by atoms with van der Waals surface area (Å²) in [4.78, 5) is 21.9. The van der Waals surface area contributed by atoms with Crippen LogP contribution >= 0.6 is 11.6 Å². The van der Waals surface area contributed by atoms with Crippen LogP contribution in [0.15, 0.2) is 0 Å². The standard InChI is InChI=1S/C10H16ClF2NO4/c1-9(2,3)18-8(16)14-5-10(12,13)4-7(15)17-6-11/h4-6H2,1-3H3,(H,14,16). The van der Waals surface area contributed by atoms with Gasteiger partial charge in [0.1, 0.15) is 12.0 Å². The summed E-state index contributed by atoms with van der Waals surface area (Å²) < 4.78 is 35.3. The predicted molar refractivity (Wildman–Crippen MR) is 60.6 cm³/mol. The van der Waals surface area contributed by atoms with Crippen LogP contribution in [-0.2, 0) is 14.3 Å². The maximum Gasteiger partial charge on any atom is 0.407 e. The van der Waals surface area contributed by atoms with Gasteiger partial charge < -0.3 is 14.8 Å². The molecule has 0 aromatic carbocycles. The largest absolute Gasteiger partial charge is 0.449 e. The van der Waals surface area contributed by atoms with E-state index in [1.54, 1.807) is 20.8 Å². The maximum absolute atomic E-state index is 13.2. The Labute approximate surface area is 109 Å². The van der Waals surface area contributed by atoms with Crippen molar-refractivity contribution in [1.29, 1.82) is 0 Å². The third-order valence-electron chi connectivity index (χ3n) is 1.51. The molecule has 0 bridgehead atoms. The monoisotopic (exact) mass is 287 g/mol. The van der Waals surface area contributed by atoms with Gasteiger partial charge in [-0.2, -0.15) is 0 Å². The van der Waals surface area contributed by atoms with Crippen LogP contribution < -0.4 is 5.32 Å². The van der Waals surface area contributed by atoms with Crippen molar-refractivity contribution >= 4 is 23.7 Å². The van der Waals surface area contributed by atoms with Crippen LogP contribution in [0.2, 0.25) is 0 Å². The van der Waals surface area contributed by atoms with E-state index in [4.69, 9.17) is 16.3 Å². The molecule has 0 saturated heterocycles.